The van der Waals surface area contributed by atoms with Crippen LogP contribution in [0.15, 0.2) is 0 Å². The summed E-state index contributed by atoms with van der Waals surface area (Å²) in [5.41, 5.74) is 0. The molecule has 2 saturated heterocycles. The Balaban J connectivity index is 1.51. The fraction of sp³-hybridized carbons (Fsp3) is 1.00. The summed E-state index contributed by atoms with van der Waals surface area (Å²) in [5.74, 6) is 3.85. The molecular weight excluding hydrogens is 208 g/mol. The Morgan fingerprint density at radius 3 is 2.88 bits per heavy atom. The molecule has 2 heterocycles. The van der Waals surface area contributed by atoms with E-state index in [1.54, 1.807) is 0 Å². The van der Waals surface area contributed by atoms with Gasteiger partial charge in [0.15, 0.2) is 0 Å². The van der Waals surface area contributed by atoms with Gasteiger partial charge in [-0.2, -0.15) is 0 Å². The van der Waals surface area contributed by atoms with Crippen LogP contribution in [-0.2, 0) is 0 Å². The number of hydrogen-bond donors (Lipinski definition) is 1. The molecular formula is C15H28N2. The van der Waals surface area contributed by atoms with E-state index >= 15 is 0 Å². The number of nitrogens with one attached hydrogen (secondary N) is 1. The van der Waals surface area contributed by atoms with Crippen molar-refractivity contribution in [2.75, 3.05) is 26.2 Å². The summed E-state index contributed by atoms with van der Waals surface area (Å²) in [4.78, 5) is 2.73. The Labute approximate surface area is 106 Å². The van der Waals surface area contributed by atoms with Gasteiger partial charge in [0, 0.05) is 19.1 Å². The number of nitrogens with zero attached hydrogens (tertiary/aromatic N) is 1. The van der Waals surface area contributed by atoms with Crippen LogP contribution in [0.1, 0.15) is 39.5 Å². The van der Waals surface area contributed by atoms with Gasteiger partial charge in [0.05, 0.1) is 0 Å². The maximum Gasteiger partial charge on any atom is 0.0226 e. The molecule has 2 heteroatoms. The highest BCUT2D eigenvalue weighted by molar-refractivity contribution is 4.96. The van der Waals surface area contributed by atoms with Crippen molar-refractivity contribution in [1.82, 2.24) is 10.2 Å². The van der Waals surface area contributed by atoms with Crippen molar-refractivity contribution in [1.29, 1.82) is 0 Å². The van der Waals surface area contributed by atoms with E-state index in [1.165, 1.54) is 51.9 Å². The van der Waals surface area contributed by atoms with Gasteiger partial charge >= 0.3 is 0 Å². The summed E-state index contributed by atoms with van der Waals surface area (Å²) < 4.78 is 0. The van der Waals surface area contributed by atoms with Crippen LogP contribution in [0.2, 0.25) is 0 Å². The first kappa shape index (κ1) is 12.0. The molecule has 1 saturated carbocycles. The lowest BCUT2D eigenvalue weighted by molar-refractivity contribution is 0.250. The van der Waals surface area contributed by atoms with Gasteiger partial charge < -0.3 is 10.2 Å². The largest absolute Gasteiger partial charge is 0.312 e. The molecule has 0 spiro atoms. The van der Waals surface area contributed by atoms with Crippen molar-refractivity contribution in [2.24, 2.45) is 23.7 Å². The molecule has 4 unspecified atom stereocenters. The molecule has 2 aliphatic heterocycles. The van der Waals surface area contributed by atoms with E-state index in [0.29, 0.717) is 0 Å². The number of fused-ring (bicyclic) bond motifs is 1. The minimum Gasteiger partial charge on any atom is -0.312 e. The molecule has 0 amide bonds. The summed E-state index contributed by atoms with van der Waals surface area (Å²) >= 11 is 0. The van der Waals surface area contributed by atoms with Crippen molar-refractivity contribution in [3.8, 4) is 0 Å². The van der Waals surface area contributed by atoms with Crippen LogP contribution >= 0.6 is 0 Å². The van der Waals surface area contributed by atoms with E-state index in [1.807, 2.05) is 0 Å². The lowest BCUT2D eigenvalue weighted by Crippen LogP contribution is -2.39. The molecule has 1 N–H and O–H groups in total. The summed E-state index contributed by atoms with van der Waals surface area (Å²) in [5, 5.41) is 3.79. The van der Waals surface area contributed by atoms with Gasteiger partial charge in [-0.1, -0.05) is 20.3 Å². The lowest BCUT2D eigenvalue weighted by Gasteiger charge is -2.25. The summed E-state index contributed by atoms with van der Waals surface area (Å²) in [7, 11) is 0. The second-order valence-electron chi connectivity index (χ2n) is 6.92. The molecule has 0 radical (unpaired) electrons. The topological polar surface area (TPSA) is 15.3 Å². The van der Waals surface area contributed by atoms with Crippen molar-refractivity contribution < 1.29 is 0 Å². The van der Waals surface area contributed by atoms with Crippen molar-refractivity contribution in [2.45, 2.75) is 45.6 Å². The summed E-state index contributed by atoms with van der Waals surface area (Å²) in [6.45, 7) is 10.1. The standard InChI is InChI=1S/C15H28N2/c1-11(2)13-6-7-17(9-13)10-15-14-5-3-4-12(14)8-16-15/h11-16H,3-10H2,1-2H3. The second kappa shape index (κ2) is 4.89. The first-order valence-corrected chi connectivity index (χ1v) is 7.70. The van der Waals surface area contributed by atoms with Crippen LogP contribution < -0.4 is 5.32 Å². The number of rotatable bonds is 3. The van der Waals surface area contributed by atoms with E-state index < -0.39 is 0 Å². The molecule has 17 heavy (non-hydrogen) atoms. The predicted molar refractivity (Wildman–Crippen MR) is 72.0 cm³/mol. The highest BCUT2D eigenvalue weighted by atomic mass is 15.2. The van der Waals surface area contributed by atoms with Crippen molar-refractivity contribution in [3.63, 3.8) is 0 Å². The van der Waals surface area contributed by atoms with Crippen LogP contribution in [0.5, 0.6) is 0 Å². The average molecular weight is 236 g/mol. The lowest BCUT2D eigenvalue weighted by atomic mass is 9.93. The minimum atomic E-state index is 0.813. The molecule has 3 rings (SSSR count). The SMILES string of the molecule is CC(C)C1CCN(CC2NCC3CCCC32)C1. The Morgan fingerprint density at radius 1 is 1.24 bits per heavy atom. The molecule has 0 aromatic carbocycles. The van der Waals surface area contributed by atoms with E-state index in [2.05, 4.69) is 24.1 Å². The third-order valence-corrected chi connectivity index (χ3v) is 5.58. The van der Waals surface area contributed by atoms with E-state index in [9.17, 15) is 0 Å². The zero-order valence-electron chi connectivity index (χ0n) is 11.5. The zero-order valence-corrected chi connectivity index (χ0v) is 11.5. The smallest absolute Gasteiger partial charge is 0.0226 e. The van der Waals surface area contributed by atoms with Crippen LogP contribution in [0.25, 0.3) is 0 Å². The van der Waals surface area contributed by atoms with Gasteiger partial charge in [0.2, 0.25) is 0 Å². The maximum absolute atomic E-state index is 3.79. The third-order valence-electron chi connectivity index (χ3n) is 5.58. The van der Waals surface area contributed by atoms with Crippen LogP contribution in [-0.4, -0.2) is 37.1 Å². The minimum absolute atomic E-state index is 0.813. The first-order chi connectivity index (χ1) is 8.24. The Hall–Kier alpha value is -0.0800. The van der Waals surface area contributed by atoms with E-state index in [0.717, 1.165) is 29.7 Å². The zero-order chi connectivity index (χ0) is 11.8. The van der Waals surface area contributed by atoms with Gasteiger partial charge in [-0.3, -0.25) is 0 Å². The molecule has 0 aromatic rings. The Bertz CT molecular complexity index is 264. The second-order valence-corrected chi connectivity index (χ2v) is 6.92. The Kier molecular flexibility index (Phi) is 3.45. The number of hydrogen-bond acceptors (Lipinski definition) is 2. The maximum atomic E-state index is 3.79. The van der Waals surface area contributed by atoms with Gasteiger partial charge in [-0.05, 0) is 56.0 Å². The highest BCUT2D eigenvalue weighted by Crippen LogP contribution is 2.38. The molecule has 1 aliphatic carbocycles. The molecule has 4 atom stereocenters. The summed E-state index contributed by atoms with van der Waals surface area (Å²) in [6.07, 6.45) is 5.90. The molecule has 0 aromatic heterocycles. The van der Waals surface area contributed by atoms with E-state index in [4.69, 9.17) is 0 Å². The van der Waals surface area contributed by atoms with Crippen LogP contribution in [0.4, 0.5) is 0 Å². The molecule has 0 bridgehead atoms. The third kappa shape index (κ3) is 2.39. The van der Waals surface area contributed by atoms with Crippen molar-refractivity contribution >= 4 is 0 Å². The van der Waals surface area contributed by atoms with Gasteiger partial charge in [0.25, 0.3) is 0 Å². The predicted octanol–water partition coefficient (Wildman–Crippen LogP) is 2.35. The average Bonchev–Trinajstić information content (AvgIpc) is 2.96. The molecule has 98 valence electrons. The van der Waals surface area contributed by atoms with Crippen LogP contribution in [0, 0.1) is 23.7 Å². The number of likely N-dealkylation sites (tertiary alicyclic amines) is 1. The normalized spacial score (nSPS) is 42.5. The van der Waals surface area contributed by atoms with Gasteiger partial charge in [-0.15, -0.1) is 0 Å². The van der Waals surface area contributed by atoms with E-state index in [-0.39, 0.29) is 0 Å². The van der Waals surface area contributed by atoms with Gasteiger partial charge in [-0.25, -0.2) is 0 Å². The summed E-state index contributed by atoms with van der Waals surface area (Å²) in [6, 6.07) is 0.813. The quantitative estimate of drug-likeness (QED) is 0.809. The van der Waals surface area contributed by atoms with Gasteiger partial charge in [0.1, 0.15) is 0 Å². The molecule has 2 nitrogen and oxygen atoms in total. The molecule has 3 fully saturated rings. The van der Waals surface area contributed by atoms with Crippen LogP contribution in [0.3, 0.4) is 0 Å². The fourth-order valence-corrected chi connectivity index (χ4v) is 4.35. The Morgan fingerprint density at radius 2 is 2.12 bits per heavy atom. The fourth-order valence-electron chi connectivity index (χ4n) is 4.35. The highest BCUT2D eigenvalue weighted by Gasteiger charge is 2.40. The monoisotopic (exact) mass is 236 g/mol. The molecule has 3 aliphatic rings. The van der Waals surface area contributed by atoms with Crippen molar-refractivity contribution in [3.05, 3.63) is 0 Å². The first-order valence-electron chi connectivity index (χ1n) is 7.70.